The molecule has 1 fully saturated rings. The normalized spacial score (nSPS) is 16.7. The Labute approximate surface area is 148 Å². The number of amides is 2. The van der Waals surface area contributed by atoms with Crippen molar-refractivity contribution >= 4 is 11.8 Å². The molecule has 25 heavy (non-hydrogen) atoms. The van der Waals surface area contributed by atoms with Gasteiger partial charge in [0.1, 0.15) is 5.75 Å². The van der Waals surface area contributed by atoms with Gasteiger partial charge in [-0.05, 0) is 63.1 Å². The number of ether oxygens (including phenoxy) is 1. The number of carbonyl (C=O) groups excluding carboxylic acids is 2. The van der Waals surface area contributed by atoms with Crippen LogP contribution >= 0.6 is 0 Å². The van der Waals surface area contributed by atoms with Gasteiger partial charge in [0.05, 0.1) is 0 Å². The lowest BCUT2D eigenvalue weighted by molar-refractivity contribution is -0.123. The molecule has 0 unspecified atom stereocenters. The van der Waals surface area contributed by atoms with Crippen LogP contribution in [0.1, 0.15) is 55.3 Å². The van der Waals surface area contributed by atoms with Crippen molar-refractivity contribution in [2.24, 2.45) is 0 Å². The van der Waals surface area contributed by atoms with E-state index in [4.69, 9.17) is 4.74 Å². The zero-order valence-electron chi connectivity index (χ0n) is 14.6. The van der Waals surface area contributed by atoms with Crippen LogP contribution < -0.4 is 15.4 Å². The molecule has 2 aliphatic rings. The summed E-state index contributed by atoms with van der Waals surface area (Å²) in [5.74, 6) is 0.316. The van der Waals surface area contributed by atoms with Gasteiger partial charge in [0.25, 0.3) is 11.8 Å². The molecule has 5 nitrogen and oxygen atoms in total. The summed E-state index contributed by atoms with van der Waals surface area (Å²) in [7, 11) is 0. The maximum Gasteiger partial charge on any atom is 0.257 e. The van der Waals surface area contributed by atoms with E-state index in [0.29, 0.717) is 23.9 Å². The zero-order valence-corrected chi connectivity index (χ0v) is 14.6. The van der Waals surface area contributed by atoms with E-state index >= 15 is 0 Å². The van der Waals surface area contributed by atoms with Crippen molar-refractivity contribution in [1.82, 2.24) is 10.6 Å². The molecule has 0 spiro atoms. The van der Waals surface area contributed by atoms with Gasteiger partial charge in [-0.25, -0.2) is 0 Å². The van der Waals surface area contributed by atoms with Crippen LogP contribution in [0.2, 0.25) is 0 Å². The quantitative estimate of drug-likeness (QED) is 0.714. The van der Waals surface area contributed by atoms with Gasteiger partial charge < -0.3 is 15.4 Å². The Morgan fingerprint density at radius 1 is 1.20 bits per heavy atom. The van der Waals surface area contributed by atoms with E-state index in [0.717, 1.165) is 32.1 Å². The van der Waals surface area contributed by atoms with Crippen LogP contribution in [-0.2, 0) is 4.79 Å². The van der Waals surface area contributed by atoms with Gasteiger partial charge in [-0.15, -0.1) is 0 Å². The molecular weight excluding hydrogens is 316 g/mol. The van der Waals surface area contributed by atoms with E-state index in [-0.39, 0.29) is 18.4 Å². The summed E-state index contributed by atoms with van der Waals surface area (Å²) in [6, 6.07) is 7.28. The second kappa shape index (κ2) is 8.70. The highest BCUT2D eigenvalue weighted by molar-refractivity contribution is 5.95. The Kier molecular flexibility index (Phi) is 6.09. The first-order chi connectivity index (χ1) is 12.2. The maximum atomic E-state index is 12.0. The molecule has 0 bridgehead atoms. The highest BCUT2D eigenvalue weighted by Crippen LogP contribution is 2.21. The highest BCUT2D eigenvalue weighted by atomic mass is 16.5. The van der Waals surface area contributed by atoms with Gasteiger partial charge in [0, 0.05) is 18.2 Å². The van der Waals surface area contributed by atoms with Crippen LogP contribution in [0.15, 0.2) is 35.9 Å². The molecule has 0 saturated heterocycles. The standard InChI is InChI=1S/C20H26N2O3/c23-19(21-12-11-15-5-2-1-3-6-15)14-25-18-8-4-7-16(13-18)20(24)22-17-9-10-17/h4-5,7-8,13,17H,1-3,6,9-12,14H2,(H,21,23)(H,22,24). The Morgan fingerprint density at radius 3 is 2.84 bits per heavy atom. The summed E-state index contributed by atoms with van der Waals surface area (Å²) in [5.41, 5.74) is 2.01. The van der Waals surface area contributed by atoms with Gasteiger partial charge >= 0.3 is 0 Å². The Bertz CT molecular complexity index is 650. The smallest absolute Gasteiger partial charge is 0.257 e. The number of nitrogens with one attached hydrogen (secondary N) is 2. The maximum absolute atomic E-state index is 12.0. The summed E-state index contributed by atoms with van der Waals surface area (Å²) < 4.78 is 5.52. The number of benzene rings is 1. The molecule has 1 saturated carbocycles. The van der Waals surface area contributed by atoms with Crippen LogP contribution in [0.3, 0.4) is 0 Å². The largest absolute Gasteiger partial charge is 0.484 e. The second-order valence-corrected chi connectivity index (χ2v) is 6.77. The summed E-state index contributed by atoms with van der Waals surface area (Å²) in [6.45, 7) is 0.616. The Balaban J connectivity index is 1.39. The molecule has 5 heteroatoms. The van der Waals surface area contributed by atoms with E-state index in [1.807, 2.05) is 0 Å². The molecule has 0 aromatic heterocycles. The summed E-state index contributed by atoms with van der Waals surface area (Å²) >= 11 is 0. The van der Waals surface area contributed by atoms with Crippen LogP contribution in [0.5, 0.6) is 5.75 Å². The average molecular weight is 342 g/mol. The van der Waals surface area contributed by atoms with Gasteiger partial charge in [0.2, 0.25) is 0 Å². The third-order valence-electron chi connectivity index (χ3n) is 4.53. The van der Waals surface area contributed by atoms with Crippen LogP contribution in [0.4, 0.5) is 0 Å². The van der Waals surface area contributed by atoms with Crippen molar-refractivity contribution in [1.29, 1.82) is 0 Å². The molecule has 1 aromatic rings. The fourth-order valence-electron chi connectivity index (χ4n) is 2.92. The monoisotopic (exact) mass is 342 g/mol. The first-order valence-electron chi connectivity index (χ1n) is 9.19. The van der Waals surface area contributed by atoms with Gasteiger partial charge in [0.15, 0.2) is 6.61 Å². The number of hydrogen-bond acceptors (Lipinski definition) is 3. The minimum Gasteiger partial charge on any atom is -0.484 e. The predicted molar refractivity (Wildman–Crippen MR) is 96.6 cm³/mol. The predicted octanol–water partition coefficient (Wildman–Crippen LogP) is 2.96. The van der Waals surface area contributed by atoms with Crippen molar-refractivity contribution in [3.8, 4) is 5.75 Å². The lowest BCUT2D eigenvalue weighted by Crippen LogP contribution is -2.30. The third kappa shape index (κ3) is 5.93. The molecule has 1 aromatic carbocycles. The minimum absolute atomic E-state index is 0.0350. The van der Waals surface area contributed by atoms with Crippen molar-refractivity contribution in [3.05, 3.63) is 41.5 Å². The topological polar surface area (TPSA) is 67.4 Å². The first-order valence-corrected chi connectivity index (χ1v) is 9.19. The van der Waals surface area contributed by atoms with Gasteiger partial charge in [-0.3, -0.25) is 9.59 Å². The average Bonchev–Trinajstić information content (AvgIpc) is 3.45. The van der Waals surface area contributed by atoms with Gasteiger partial charge in [-0.2, -0.15) is 0 Å². The molecule has 0 aliphatic heterocycles. The van der Waals surface area contributed by atoms with E-state index in [2.05, 4.69) is 16.7 Å². The number of rotatable bonds is 8. The molecule has 0 radical (unpaired) electrons. The van der Waals surface area contributed by atoms with Crippen molar-refractivity contribution in [2.75, 3.05) is 13.2 Å². The van der Waals surface area contributed by atoms with E-state index in [1.165, 1.54) is 18.4 Å². The fourth-order valence-corrected chi connectivity index (χ4v) is 2.92. The zero-order chi connectivity index (χ0) is 17.5. The lowest BCUT2D eigenvalue weighted by atomic mass is 9.97. The van der Waals surface area contributed by atoms with Crippen LogP contribution in [0.25, 0.3) is 0 Å². The Hall–Kier alpha value is -2.30. The third-order valence-corrected chi connectivity index (χ3v) is 4.53. The van der Waals surface area contributed by atoms with Crippen molar-refractivity contribution in [2.45, 2.75) is 51.0 Å². The molecule has 0 heterocycles. The molecule has 0 atom stereocenters. The number of hydrogen-bond donors (Lipinski definition) is 2. The molecule has 2 N–H and O–H groups in total. The van der Waals surface area contributed by atoms with E-state index < -0.39 is 0 Å². The molecule has 3 rings (SSSR count). The molecular formula is C20H26N2O3. The SMILES string of the molecule is O=C(COc1cccc(C(=O)NC2CC2)c1)NCCC1=CCCCC1. The lowest BCUT2D eigenvalue weighted by Gasteiger charge is -2.13. The molecule has 2 amide bonds. The number of carbonyl (C=O) groups is 2. The van der Waals surface area contributed by atoms with E-state index in [1.54, 1.807) is 24.3 Å². The minimum atomic E-state index is -0.135. The summed E-state index contributed by atoms with van der Waals surface area (Å²) in [6.07, 6.45) is 10.2. The van der Waals surface area contributed by atoms with E-state index in [9.17, 15) is 9.59 Å². The fraction of sp³-hybridized carbons (Fsp3) is 0.500. The van der Waals surface area contributed by atoms with Crippen molar-refractivity contribution in [3.63, 3.8) is 0 Å². The second-order valence-electron chi connectivity index (χ2n) is 6.77. The van der Waals surface area contributed by atoms with Crippen LogP contribution in [-0.4, -0.2) is 31.0 Å². The highest BCUT2D eigenvalue weighted by Gasteiger charge is 2.23. The first kappa shape index (κ1) is 17.5. The van der Waals surface area contributed by atoms with Gasteiger partial charge in [-0.1, -0.05) is 17.7 Å². The van der Waals surface area contributed by atoms with Crippen molar-refractivity contribution < 1.29 is 14.3 Å². The Morgan fingerprint density at radius 2 is 2.08 bits per heavy atom. The summed E-state index contributed by atoms with van der Waals surface area (Å²) in [4.78, 5) is 23.9. The summed E-state index contributed by atoms with van der Waals surface area (Å²) in [5, 5.41) is 5.83. The molecule has 134 valence electrons. The molecule has 2 aliphatic carbocycles. The number of allylic oxidation sites excluding steroid dienone is 1. The van der Waals surface area contributed by atoms with Crippen LogP contribution in [0, 0.1) is 0 Å².